The van der Waals surface area contributed by atoms with Crippen LogP contribution in [0.1, 0.15) is 73.6 Å². The van der Waals surface area contributed by atoms with E-state index in [9.17, 15) is 9.59 Å². The van der Waals surface area contributed by atoms with Crippen LogP contribution in [0.15, 0.2) is 84.9 Å². The van der Waals surface area contributed by atoms with E-state index in [0.717, 1.165) is 49.0 Å². The van der Waals surface area contributed by atoms with Gasteiger partial charge >= 0.3 is 12.0 Å². The third kappa shape index (κ3) is 8.17. The molecule has 3 amide bonds. The molecule has 2 aliphatic rings. The number of nitrogens with zero attached hydrogens (tertiary/aromatic N) is 5. The number of urea groups is 1. The number of aryl methyl sites for hydroxylation is 1. The van der Waals surface area contributed by atoms with E-state index in [-0.39, 0.29) is 35.4 Å². The molecule has 2 unspecified atom stereocenters. The van der Waals surface area contributed by atoms with Crippen LogP contribution in [0, 0.1) is 12.8 Å². The maximum absolute atomic E-state index is 13.9. The second kappa shape index (κ2) is 15.2. The van der Waals surface area contributed by atoms with Crippen LogP contribution in [0.2, 0.25) is 0 Å². The fourth-order valence-electron chi connectivity index (χ4n) is 7.43. The first-order chi connectivity index (χ1) is 25.9. The number of rotatable bonds is 10. The minimum Gasteiger partial charge on any atom is -0.481 e. The Hall–Kier alpha value is -5.91. The van der Waals surface area contributed by atoms with Crippen molar-refractivity contribution in [3.05, 3.63) is 107 Å². The molecule has 4 heterocycles. The first-order valence-electron chi connectivity index (χ1n) is 18.4. The molecule has 2 aromatic heterocycles. The average Bonchev–Trinajstić information content (AvgIpc) is 3.70. The molecule has 2 fully saturated rings. The van der Waals surface area contributed by atoms with Crippen LogP contribution >= 0.6 is 0 Å². The van der Waals surface area contributed by atoms with Crippen LogP contribution in [0.3, 0.4) is 0 Å². The minimum atomic E-state index is -0.337. The number of methoxy groups -OCH3 is 2. The number of nitrogens with one attached hydrogen (secondary N) is 2. The molecule has 2 bridgehead atoms. The Labute approximate surface area is 315 Å². The molecule has 0 aliphatic carbocycles. The number of piperidine rings is 1. The second-order valence-corrected chi connectivity index (χ2v) is 15.2. The smallest absolute Gasteiger partial charge is 0.328 e. The lowest BCUT2D eigenvalue weighted by Gasteiger charge is -2.39. The number of amides is 3. The molecule has 54 heavy (non-hydrogen) atoms. The summed E-state index contributed by atoms with van der Waals surface area (Å²) in [5, 5.41) is 10.8. The third-order valence-electron chi connectivity index (χ3n) is 10.2. The monoisotopic (exact) mass is 729 g/mol. The van der Waals surface area contributed by atoms with Crippen molar-refractivity contribution in [2.45, 2.75) is 77.3 Å². The molecule has 5 aromatic rings. The zero-order valence-corrected chi connectivity index (χ0v) is 31.6. The molecule has 280 valence electrons. The van der Waals surface area contributed by atoms with E-state index >= 15 is 0 Å². The van der Waals surface area contributed by atoms with Crippen molar-refractivity contribution in [2.24, 2.45) is 5.92 Å². The lowest BCUT2D eigenvalue weighted by atomic mass is 9.85. The summed E-state index contributed by atoms with van der Waals surface area (Å²) in [7, 11) is 3.01. The summed E-state index contributed by atoms with van der Waals surface area (Å²) in [6.07, 6.45) is 4.81. The van der Waals surface area contributed by atoms with Gasteiger partial charge in [0.25, 0.3) is 5.91 Å². The standard InChI is InChI=1S/C42H47N7O5/c1-26-10-16-31(17-11-26)49-36(24-35(47-49)42(2,3)4)44-40(51)43-30-14-12-27(13-15-30)20-28-21-32-18-19-33(22-28)48(32)39(50)29-8-7-9-34(23-29)54-41-45-37(52-5)25-38(46-41)53-6/h7-17,23-25,28,32-33H,18-22H2,1-6H3,(H2,43,44,51). The fraction of sp³-hybridized carbons (Fsp3) is 0.357. The summed E-state index contributed by atoms with van der Waals surface area (Å²) in [5.74, 6) is 2.16. The molecule has 2 aliphatic heterocycles. The number of ether oxygens (including phenoxy) is 3. The average molecular weight is 730 g/mol. The maximum Gasteiger partial charge on any atom is 0.328 e. The van der Waals surface area contributed by atoms with E-state index in [4.69, 9.17) is 19.3 Å². The number of benzene rings is 3. The number of fused-ring (bicyclic) bond motifs is 2. The minimum absolute atomic E-state index is 0.0146. The van der Waals surface area contributed by atoms with Gasteiger partial charge in [0.1, 0.15) is 11.6 Å². The van der Waals surface area contributed by atoms with Crippen LogP contribution < -0.4 is 24.8 Å². The van der Waals surface area contributed by atoms with Crippen molar-refractivity contribution in [1.82, 2.24) is 24.6 Å². The number of anilines is 2. The lowest BCUT2D eigenvalue weighted by molar-refractivity contribution is 0.0524. The van der Waals surface area contributed by atoms with Gasteiger partial charge < -0.3 is 24.4 Å². The van der Waals surface area contributed by atoms with Crippen molar-refractivity contribution in [1.29, 1.82) is 0 Å². The largest absolute Gasteiger partial charge is 0.481 e. The zero-order valence-electron chi connectivity index (χ0n) is 31.6. The van der Waals surface area contributed by atoms with Crippen LogP contribution in [0.4, 0.5) is 16.3 Å². The molecule has 12 heteroatoms. The van der Waals surface area contributed by atoms with Gasteiger partial charge in [-0.3, -0.25) is 10.1 Å². The first kappa shape index (κ1) is 36.4. The molecule has 12 nitrogen and oxygen atoms in total. The quantitative estimate of drug-likeness (QED) is 0.147. The number of hydrogen-bond donors (Lipinski definition) is 2. The van der Waals surface area contributed by atoms with Gasteiger partial charge in [0.15, 0.2) is 0 Å². The molecule has 0 radical (unpaired) electrons. The highest BCUT2D eigenvalue weighted by atomic mass is 16.5. The van der Waals surface area contributed by atoms with Crippen molar-refractivity contribution in [3.8, 4) is 29.2 Å². The Kier molecular flexibility index (Phi) is 10.3. The Morgan fingerprint density at radius 3 is 2.13 bits per heavy atom. The Morgan fingerprint density at radius 2 is 1.50 bits per heavy atom. The molecule has 0 saturated carbocycles. The van der Waals surface area contributed by atoms with E-state index in [1.165, 1.54) is 19.8 Å². The number of aromatic nitrogens is 4. The maximum atomic E-state index is 13.9. The van der Waals surface area contributed by atoms with Crippen LogP contribution in [-0.4, -0.2) is 62.9 Å². The number of carbonyl (C=O) groups excluding carboxylic acids is 2. The summed E-state index contributed by atoms with van der Waals surface area (Å²) in [5.41, 5.74) is 5.21. The highest BCUT2D eigenvalue weighted by molar-refractivity contribution is 5.99. The molecule has 0 spiro atoms. The predicted octanol–water partition coefficient (Wildman–Crippen LogP) is 8.35. The molecule has 2 N–H and O–H groups in total. The van der Waals surface area contributed by atoms with Crippen molar-refractivity contribution >= 4 is 23.4 Å². The molecular formula is C42H47N7O5. The zero-order chi connectivity index (χ0) is 38.0. The van der Waals surface area contributed by atoms with Crippen molar-refractivity contribution < 1.29 is 23.8 Å². The topological polar surface area (TPSA) is 133 Å². The van der Waals surface area contributed by atoms with E-state index in [1.807, 2.05) is 55.5 Å². The van der Waals surface area contributed by atoms with Gasteiger partial charge in [0, 0.05) is 34.8 Å². The highest BCUT2D eigenvalue weighted by Gasteiger charge is 2.43. The summed E-state index contributed by atoms with van der Waals surface area (Å²) in [6, 6.07) is 26.8. The predicted molar refractivity (Wildman–Crippen MR) is 207 cm³/mol. The van der Waals surface area contributed by atoms with E-state index in [0.29, 0.717) is 40.5 Å². The molecule has 3 aromatic carbocycles. The highest BCUT2D eigenvalue weighted by Crippen LogP contribution is 2.41. The SMILES string of the molecule is COc1cc(OC)nc(Oc2cccc(C(=O)N3C4CCC3CC(Cc3ccc(NC(=O)Nc5cc(C(C)(C)C)nn5-c5ccc(C)cc5)cc3)C4)c2)n1. The van der Waals surface area contributed by atoms with Crippen molar-refractivity contribution in [3.63, 3.8) is 0 Å². The second-order valence-electron chi connectivity index (χ2n) is 15.2. The van der Waals surface area contributed by atoms with Gasteiger partial charge in [0.2, 0.25) is 11.8 Å². The van der Waals surface area contributed by atoms with Gasteiger partial charge in [-0.05, 0) is 93.0 Å². The van der Waals surface area contributed by atoms with Gasteiger partial charge in [0.05, 0.1) is 31.7 Å². The number of hydrogen-bond acceptors (Lipinski definition) is 8. The molecule has 2 saturated heterocycles. The van der Waals surface area contributed by atoms with E-state index < -0.39 is 0 Å². The fourth-order valence-corrected chi connectivity index (χ4v) is 7.43. The lowest BCUT2D eigenvalue weighted by Crippen LogP contribution is -2.46. The van der Waals surface area contributed by atoms with Gasteiger partial charge in [-0.25, -0.2) is 9.48 Å². The summed E-state index contributed by atoms with van der Waals surface area (Å²) >= 11 is 0. The summed E-state index contributed by atoms with van der Waals surface area (Å²) < 4.78 is 18.1. The van der Waals surface area contributed by atoms with Gasteiger partial charge in [-0.2, -0.15) is 15.1 Å². The van der Waals surface area contributed by atoms with Crippen LogP contribution in [0.25, 0.3) is 5.69 Å². The Morgan fingerprint density at radius 1 is 0.833 bits per heavy atom. The summed E-state index contributed by atoms with van der Waals surface area (Å²) in [6.45, 7) is 8.34. The Balaban J connectivity index is 0.953. The molecule has 7 rings (SSSR count). The Bertz CT molecular complexity index is 2090. The van der Waals surface area contributed by atoms with Gasteiger partial charge in [-0.1, -0.05) is 56.7 Å². The van der Waals surface area contributed by atoms with E-state index in [2.05, 4.69) is 58.4 Å². The molecule has 2 atom stereocenters. The normalized spacial score (nSPS) is 17.9. The van der Waals surface area contributed by atoms with Crippen LogP contribution in [-0.2, 0) is 11.8 Å². The third-order valence-corrected chi connectivity index (χ3v) is 10.2. The number of carbonyl (C=O) groups is 2. The summed E-state index contributed by atoms with van der Waals surface area (Å²) in [4.78, 5) is 37.6. The van der Waals surface area contributed by atoms with Crippen molar-refractivity contribution in [2.75, 3.05) is 24.9 Å². The van der Waals surface area contributed by atoms with Crippen LogP contribution in [0.5, 0.6) is 23.5 Å². The van der Waals surface area contributed by atoms with Gasteiger partial charge in [-0.15, -0.1) is 0 Å². The molecular weight excluding hydrogens is 683 g/mol. The van der Waals surface area contributed by atoms with E-state index in [1.54, 1.807) is 28.9 Å². The first-order valence-corrected chi connectivity index (χ1v) is 18.4.